The summed E-state index contributed by atoms with van der Waals surface area (Å²) in [5.74, 6) is -0.745. The zero-order valence-corrected chi connectivity index (χ0v) is 36.9. The summed E-state index contributed by atoms with van der Waals surface area (Å²) in [4.78, 5) is 55.8. The molecule has 0 heterocycles. The van der Waals surface area contributed by atoms with E-state index in [1.165, 1.54) is 116 Å². The minimum atomic E-state index is -0.398. The number of phenolic OH excluding ortho intramolecular Hbond substituents is 5. The molecule has 0 aromatic heterocycles. The number of unbranched alkanes of at least 4 members (excludes halogenated alkanes) is 1. The Morgan fingerprint density at radius 3 is 0.953 bits per heavy atom. The summed E-state index contributed by atoms with van der Waals surface area (Å²) < 4.78 is 24.1. The average Bonchev–Trinajstić information content (AvgIpc) is 3.29. The van der Waals surface area contributed by atoms with E-state index in [0.717, 1.165) is 19.3 Å². The van der Waals surface area contributed by atoms with Crippen LogP contribution < -0.4 is 0 Å². The fourth-order valence-corrected chi connectivity index (χ4v) is 4.32. The number of benzene rings is 5. The van der Waals surface area contributed by atoms with Crippen molar-refractivity contribution in [2.75, 3.05) is 33.5 Å². The first kappa shape index (κ1) is 54.5. The molecule has 0 aliphatic carbocycles. The number of esters is 5. The van der Waals surface area contributed by atoms with Crippen LogP contribution in [0.2, 0.25) is 0 Å². The second-order valence-electron chi connectivity index (χ2n) is 13.6. The van der Waals surface area contributed by atoms with Crippen LogP contribution in [0.15, 0.2) is 121 Å². The molecule has 0 saturated heterocycles. The Kier molecular flexibility index (Phi) is 26.7. The van der Waals surface area contributed by atoms with Crippen molar-refractivity contribution in [1.29, 1.82) is 0 Å². The van der Waals surface area contributed by atoms with E-state index in [1.54, 1.807) is 19.1 Å². The lowest BCUT2D eigenvalue weighted by atomic mass is 10.2. The highest BCUT2D eigenvalue weighted by Gasteiger charge is 2.09. The van der Waals surface area contributed by atoms with Gasteiger partial charge in [0.1, 0.15) is 28.7 Å². The lowest BCUT2D eigenvalue weighted by molar-refractivity contribution is 0.0455. The van der Waals surface area contributed by atoms with Crippen LogP contribution in [0, 0.1) is 5.92 Å². The lowest BCUT2D eigenvalue weighted by Gasteiger charge is -2.06. The van der Waals surface area contributed by atoms with Gasteiger partial charge in [0.25, 0.3) is 0 Å². The molecule has 0 aliphatic rings. The van der Waals surface area contributed by atoms with E-state index >= 15 is 0 Å². The van der Waals surface area contributed by atoms with E-state index in [1.807, 2.05) is 27.7 Å². The summed E-state index contributed by atoms with van der Waals surface area (Å²) in [5.41, 5.74) is 2.29. The molecule has 5 N–H and O–H groups in total. The van der Waals surface area contributed by atoms with Gasteiger partial charge in [0, 0.05) is 0 Å². The minimum absolute atomic E-state index is 0.137. The van der Waals surface area contributed by atoms with Gasteiger partial charge in [0.2, 0.25) is 0 Å². The van der Waals surface area contributed by atoms with Crippen LogP contribution in [0.25, 0.3) is 0 Å². The molecule has 0 unspecified atom stereocenters. The summed E-state index contributed by atoms with van der Waals surface area (Å²) in [6.07, 6.45) is 2.69. The largest absolute Gasteiger partial charge is 0.508 e. The van der Waals surface area contributed by atoms with Crippen molar-refractivity contribution in [3.63, 3.8) is 0 Å². The van der Waals surface area contributed by atoms with Crippen LogP contribution in [-0.2, 0) is 23.7 Å². The van der Waals surface area contributed by atoms with Crippen molar-refractivity contribution in [2.45, 2.75) is 53.9 Å². The SMILES string of the molecule is CC(C)COC(=O)c1ccc(O)cc1.CCCCOC(=O)c1ccc(O)cc1.CCCOC(=O)c1ccc(O)cc1.CCOC(=O)c1ccc(O)cc1.COC(=O)c1ccc(O)cc1. The molecule has 0 saturated carbocycles. The molecule has 15 nitrogen and oxygen atoms in total. The van der Waals surface area contributed by atoms with Gasteiger partial charge in [-0.25, -0.2) is 24.0 Å². The first-order valence-electron chi connectivity index (χ1n) is 20.3. The van der Waals surface area contributed by atoms with Gasteiger partial charge in [-0.3, -0.25) is 0 Å². The van der Waals surface area contributed by atoms with Crippen LogP contribution in [-0.4, -0.2) is 88.9 Å². The zero-order valence-electron chi connectivity index (χ0n) is 36.9. The van der Waals surface area contributed by atoms with Crippen molar-refractivity contribution >= 4 is 29.8 Å². The summed E-state index contributed by atoms with van der Waals surface area (Å²) in [6.45, 7) is 11.3. The molecular weight excluding hydrogens is 829 g/mol. The third-order valence-electron chi connectivity index (χ3n) is 7.69. The van der Waals surface area contributed by atoms with E-state index in [2.05, 4.69) is 4.74 Å². The molecule has 0 fully saturated rings. The topological polar surface area (TPSA) is 233 Å². The molecule has 0 radical (unpaired) electrons. The Morgan fingerprint density at radius 1 is 0.406 bits per heavy atom. The normalized spacial score (nSPS) is 9.67. The highest BCUT2D eigenvalue weighted by atomic mass is 16.5. The summed E-state index contributed by atoms with van der Waals surface area (Å²) in [7, 11) is 1.31. The second-order valence-corrected chi connectivity index (χ2v) is 13.6. The van der Waals surface area contributed by atoms with E-state index in [9.17, 15) is 24.0 Å². The maximum atomic E-state index is 11.4. The fraction of sp³-hybridized carbons (Fsp3) is 0.286. The summed E-state index contributed by atoms with van der Waals surface area (Å²) in [6, 6.07) is 29.8. The van der Waals surface area contributed by atoms with E-state index in [4.69, 9.17) is 44.5 Å². The fourth-order valence-electron chi connectivity index (χ4n) is 4.32. The van der Waals surface area contributed by atoms with Crippen molar-refractivity contribution in [3.8, 4) is 28.7 Å². The van der Waals surface area contributed by atoms with Gasteiger partial charge in [-0.05, 0) is 147 Å². The van der Waals surface area contributed by atoms with Crippen molar-refractivity contribution in [2.24, 2.45) is 5.92 Å². The highest BCUT2D eigenvalue weighted by Crippen LogP contribution is 2.14. The Morgan fingerprint density at radius 2 is 0.688 bits per heavy atom. The number of aromatic hydroxyl groups is 5. The van der Waals surface area contributed by atoms with E-state index < -0.39 is 5.97 Å². The quantitative estimate of drug-likeness (QED) is 0.0421. The van der Waals surface area contributed by atoms with Crippen LogP contribution in [0.4, 0.5) is 0 Å². The minimum Gasteiger partial charge on any atom is -0.508 e. The maximum Gasteiger partial charge on any atom is 0.338 e. The smallest absolute Gasteiger partial charge is 0.338 e. The molecule has 5 aromatic carbocycles. The molecule has 0 amide bonds. The number of rotatable bonds is 13. The molecule has 5 rings (SSSR count). The van der Waals surface area contributed by atoms with Crippen LogP contribution in [0.5, 0.6) is 28.7 Å². The van der Waals surface area contributed by atoms with Gasteiger partial charge < -0.3 is 49.2 Å². The Labute approximate surface area is 373 Å². The first-order valence-corrected chi connectivity index (χ1v) is 20.3. The predicted octanol–water partition coefficient (Wildman–Crippen LogP) is 9.26. The number of hydrogen-bond donors (Lipinski definition) is 5. The average molecular weight is 887 g/mol. The van der Waals surface area contributed by atoms with E-state index in [0.29, 0.717) is 60.2 Å². The van der Waals surface area contributed by atoms with Gasteiger partial charge in [-0.1, -0.05) is 34.1 Å². The Balaban J connectivity index is 0.000000401. The number of phenols is 5. The maximum absolute atomic E-state index is 11.4. The van der Waals surface area contributed by atoms with Gasteiger partial charge in [-0.2, -0.15) is 0 Å². The third kappa shape index (κ3) is 23.4. The number of methoxy groups -OCH3 is 1. The first-order chi connectivity index (χ1) is 30.5. The van der Waals surface area contributed by atoms with Gasteiger partial charge >= 0.3 is 29.8 Å². The van der Waals surface area contributed by atoms with E-state index in [-0.39, 0.29) is 52.6 Å². The third-order valence-corrected chi connectivity index (χ3v) is 7.69. The second kappa shape index (κ2) is 31.3. The predicted molar refractivity (Wildman–Crippen MR) is 239 cm³/mol. The number of carbonyl (C=O) groups excluding carboxylic acids is 5. The van der Waals surface area contributed by atoms with Gasteiger partial charge in [0.05, 0.1) is 61.4 Å². The standard InChI is InChI=1S/2C11H14O3.C10H12O3.C9H10O3.C8H8O3/c1-8(2)7-14-11(13)9-3-5-10(12)6-4-9;1-2-3-8-14-11(13)9-4-6-10(12)7-5-9;1-2-7-13-10(12)8-3-5-9(11)6-4-8;1-2-12-9(11)7-3-5-8(10)6-4-7;1-11-8(10)6-2-4-7(9)5-3-6/h3-6,8,12H,7H2,1-2H3;4-7,12H,2-3,8H2,1H3;3-6,11H,2,7H2,1H3;3-6,10H,2H2,1H3;2-5,9H,1H3. The van der Waals surface area contributed by atoms with Crippen molar-refractivity contribution in [3.05, 3.63) is 149 Å². The molecule has 15 heteroatoms. The molecule has 0 spiro atoms. The molecular formula is C49H58O15. The summed E-state index contributed by atoms with van der Waals surface area (Å²) in [5, 5.41) is 44.7. The molecule has 64 heavy (non-hydrogen) atoms. The highest BCUT2D eigenvalue weighted by molar-refractivity contribution is 5.91. The van der Waals surface area contributed by atoms with Crippen LogP contribution in [0.3, 0.4) is 0 Å². The zero-order chi connectivity index (χ0) is 47.9. The lowest BCUT2D eigenvalue weighted by Crippen LogP contribution is -2.09. The Bertz CT molecular complexity index is 2100. The van der Waals surface area contributed by atoms with Gasteiger partial charge in [-0.15, -0.1) is 0 Å². The van der Waals surface area contributed by atoms with Crippen LogP contribution in [0.1, 0.15) is 106 Å². The van der Waals surface area contributed by atoms with Crippen LogP contribution >= 0.6 is 0 Å². The molecule has 0 aliphatic heterocycles. The molecule has 0 bridgehead atoms. The van der Waals surface area contributed by atoms with Gasteiger partial charge in [0.15, 0.2) is 0 Å². The molecule has 5 aromatic rings. The monoisotopic (exact) mass is 886 g/mol. The van der Waals surface area contributed by atoms with Crippen molar-refractivity contribution in [1.82, 2.24) is 0 Å². The molecule has 0 atom stereocenters. The number of hydrogen-bond acceptors (Lipinski definition) is 15. The number of carbonyl (C=O) groups is 5. The number of ether oxygens (including phenoxy) is 5. The Hall–Kier alpha value is -7.55. The summed E-state index contributed by atoms with van der Waals surface area (Å²) >= 11 is 0. The van der Waals surface area contributed by atoms with Crippen molar-refractivity contribution < 1.29 is 73.2 Å². The molecule has 344 valence electrons.